The maximum absolute atomic E-state index is 12.7. The van der Waals surface area contributed by atoms with Crippen LogP contribution in [-0.2, 0) is 10.0 Å². The van der Waals surface area contributed by atoms with Crippen molar-refractivity contribution >= 4 is 27.3 Å². The number of hydrogen-bond acceptors (Lipinski definition) is 5. The van der Waals surface area contributed by atoms with E-state index in [1.165, 1.54) is 18.5 Å². The third kappa shape index (κ3) is 4.62. The van der Waals surface area contributed by atoms with Crippen LogP contribution >= 0.6 is 0 Å². The van der Waals surface area contributed by atoms with Crippen LogP contribution in [0.3, 0.4) is 0 Å². The van der Waals surface area contributed by atoms with Crippen molar-refractivity contribution in [3.05, 3.63) is 96.6 Å². The van der Waals surface area contributed by atoms with E-state index in [1.54, 1.807) is 72.5 Å². The smallest absolute Gasteiger partial charge is 0.261 e. The van der Waals surface area contributed by atoms with Crippen molar-refractivity contribution in [3.63, 3.8) is 0 Å². The fraction of sp³-hybridized carbons (Fsp3) is 0.0455. The number of rotatable bonds is 6. The first kappa shape index (κ1) is 20.3. The molecule has 9 heteroatoms. The molecule has 8 nitrogen and oxygen atoms in total. The molecule has 0 fully saturated rings. The highest BCUT2D eigenvalue weighted by Gasteiger charge is 2.16. The minimum atomic E-state index is -3.74. The van der Waals surface area contributed by atoms with Crippen LogP contribution in [0.5, 0.6) is 0 Å². The summed E-state index contributed by atoms with van der Waals surface area (Å²) in [5.41, 5.74) is 2.71. The molecule has 0 saturated heterocycles. The number of aryl methyl sites for hydroxylation is 1. The van der Waals surface area contributed by atoms with Crippen molar-refractivity contribution < 1.29 is 13.2 Å². The standard InChI is InChI=1S/C22H19N5O3S/c1-16-10-11-18(13-21(16)26-31(29,30)20-8-3-2-4-9-20)25-22(28)17-6-5-7-19(12-17)27-15-23-14-24-27/h2-15,26H,1H3,(H,25,28). The number of carbonyl (C=O) groups excluding carboxylic acids is 1. The summed E-state index contributed by atoms with van der Waals surface area (Å²) in [6, 6.07) is 20.1. The molecule has 0 radical (unpaired) electrons. The van der Waals surface area contributed by atoms with E-state index in [2.05, 4.69) is 20.1 Å². The maximum atomic E-state index is 12.7. The highest BCUT2D eigenvalue weighted by Crippen LogP contribution is 2.24. The van der Waals surface area contributed by atoms with Crippen molar-refractivity contribution in [1.29, 1.82) is 0 Å². The first-order valence-corrected chi connectivity index (χ1v) is 10.9. The van der Waals surface area contributed by atoms with Gasteiger partial charge in [-0.25, -0.2) is 18.1 Å². The number of hydrogen-bond donors (Lipinski definition) is 2. The van der Waals surface area contributed by atoms with Crippen LogP contribution in [0.1, 0.15) is 15.9 Å². The summed E-state index contributed by atoms with van der Waals surface area (Å²) in [6.45, 7) is 1.79. The minimum absolute atomic E-state index is 0.161. The molecule has 0 bridgehead atoms. The highest BCUT2D eigenvalue weighted by atomic mass is 32.2. The zero-order valence-electron chi connectivity index (χ0n) is 16.6. The molecule has 3 aromatic carbocycles. The van der Waals surface area contributed by atoms with E-state index in [0.717, 1.165) is 5.56 Å². The largest absolute Gasteiger partial charge is 0.322 e. The highest BCUT2D eigenvalue weighted by molar-refractivity contribution is 7.92. The fourth-order valence-electron chi connectivity index (χ4n) is 2.95. The second-order valence-corrected chi connectivity index (χ2v) is 8.48. The van der Waals surface area contributed by atoms with Gasteiger partial charge in [-0.2, -0.15) is 5.10 Å². The van der Waals surface area contributed by atoms with Gasteiger partial charge in [-0.15, -0.1) is 0 Å². The van der Waals surface area contributed by atoms with Gasteiger partial charge in [0.15, 0.2) is 0 Å². The van der Waals surface area contributed by atoms with E-state index in [9.17, 15) is 13.2 Å². The van der Waals surface area contributed by atoms with Gasteiger partial charge in [-0.1, -0.05) is 30.3 Å². The van der Waals surface area contributed by atoms with Crippen LogP contribution in [0, 0.1) is 6.92 Å². The number of amides is 1. The van der Waals surface area contributed by atoms with Crippen LogP contribution < -0.4 is 10.0 Å². The molecular formula is C22H19N5O3S. The van der Waals surface area contributed by atoms with E-state index in [4.69, 9.17) is 0 Å². The Morgan fingerprint density at radius 2 is 1.77 bits per heavy atom. The van der Waals surface area contributed by atoms with Gasteiger partial charge in [-0.05, 0) is 55.0 Å². The second kappa shape index (κ2) is 8.41. The lowest BCUT2D eigenvalue weighted by atomic mass is 10.1. The van der Waals surface area contributed by atoms with E-state index in [0.29, 0.717) is 22.6 Å². The Labute approximate surface area is 179 Å². The SMILES string of the molecule is Cc1ccc(NC(=O)c2cccc(-n3cncn3)c2)cc1NS(=O)(=O)c1ccccc1. The predicted molar refractivity (Wildman–Crippen MR) is 118 cm³/mol. The van der Waals surface area contributed by atoms with Crippen LogP contribution in [0.2, 0.25) is 0 Å². The van der Waals surface area contributed by atoms with Gasteiger partial charge in [-0.3, -0.25) is 9.52 Å². The number of benzene rings is 3. The van der Waals surface area contributed by atoms with Crippen molar-refractivity contribution in [2.45, 2.75) is 11.8 Å². The van der Waals surface area contributed by atoms with Gasteiger partial charge < -0.3 is 5.32 Å². The quantitative estimate of drug-likeness (QED) is 0.483. The molecule has 0 aliphatic carbocycles. The first-order chi connectivity index (χ1) is 14.9. The molecule has 0 aliphatic rings. The summed E-state index contributed by atoms with van der Waals surface area (Å²) in [4.78, 5) is 16.8. The molecule has 156 valence electrons. The van der Waals surface area contributed by atoms with E-state index in [1.807, 2.05) is 6.07 Å². The lowest BCUT2D eigenvalue weighted by Crippen LogP contribution is -2.15. The van der Waals surface area contributed by atoms with Gasteiger partial charge in [0.2, 0.25) is 0 Å². The molecule has 0 saturated carbocycles. The summed E-state index contributed by atoms with van der Waals surface area (Å²) in [5, 5.41) is 6.86. The Morgan fingerprint density at radius 3 is 2.52 bits per heavy atom. The molecule has 4 rings (SSSR count). The van der Waals surface area contributed by atoms with E-state index >= 15 is 0 Å². The molecule has 0 spiro atoms. The molecule has 2 N–H and O–H groups in total. The third-order valence-electron chi connectivity index (χ3n) is 4.58. The van der Waals surface area contributed by atoms with Gasteiger partial charge in [0.05, 0.1) is 16.3 Å². The Balaban J connectivity index is 1.55. The van der Waals surface area contributed by atoms with Crippen LogP contribution in [0.15, 0.2) is 90.3 Å². The van der Waals surface area contributed by atoms with Gasteiger partial charge in [0.1, 0.15) is 12.7 Å². The molecule has 1 amide bonds. The summed E-state index contributed by atoms with van der Waals surface area (Å²) < 4.78 is 29.4. The van der Waals surface area contributed by atoms with Crippen LogP contribution in [0.25, 0.3) is 5.69 Å². The lowest BCUT2D eigenvalue weighted by Gasteiger charge is -2.13. The summed E-state index contributed by atoms with van der Waals surface area (Å²) >= 11 is 0. The molecule has 31 heavy (non-hydrogen) atoms. The molecule has 0 unspecified atom stereocenters. The number of nitrogens with one attached hydrogen (secondary N) is 2. The third-order valence-corrected chi connectivity index (χ3v) is 5.97. The topological polar surface area (TPSA) is 106 Å². The number of carbonyl (C=O) groups is 1. The minimum Gasteiger partial charge on any atom is -0.322 e. The summed E-state index contributed by atoms with van der Waals surface area (Å²) in [7, 11) is -3.74. The average Bonchev–Trinajstić information content (AvgIpc) is 3.32. The lowest BCUT2D eigenvalue weighted by molar-refractivity contribution is 0.102. The van der Waals surface area contributed by atoms with Crippen LogP contribution in [0.4, 0.5) is 11.4 Å². The monoisotopic (exact) mass is 433 g/mol. The van der Waals surface area contributed by atoms with Gasteiger partial charge in [0, 0.05) is 11.3 Å². The second-order valence-electron chi connectivity index (χ2n) is 6.79. The van der Waals surface area contributed by atoms with Gasteiger partial charge >= 0.3 is 0 Å². The number of aromatic nitrogens is 3. The Bertz CT molecular complexity index is 1320. The molecule has 1 heterocycles. The maximum Gasteiger partial charge on any atom is 0.261 e. The molecular weight excluding hydrogens is 414 g/mol. The zero-order chi connectivity index (χ0) is 21.8. The molecule has 1 aromatic heterocycles. The summed E-state index contributed by atoms with van der Waals surface area (Å²) in [6.07, 6.45) is 2.96. The fourth-order valence-corrected chi connectivity index (χ4v) is 4.09. The number of nitrogens with zero attached hydrogens (tertiary/aromatic N) is 3. The number of sulfonamides is 1. The first-order valence-electron chi connectivity index (χ1n) is 9.37. The Kier molecular flexibility index (Phi) is 5.50. The molecule has 0 aliphatic heterocycles. The van der Waals surface area contributed by atoms with E-state index < -0.39 is 10.0 Å². The van der Waals surface area contributed by atoms with E-state index in [-0.39, 0.29) is 10.8 Å². The van der Waals surface area contributed by atoms with Crippen molar-refractivity contribution in [1.82, 2.24) is 14.8 Å². The zero-order valence-corrected chi connectivity index (χ0v) is 17.4. The average molecular weight is 433 g/mol. The van der Waals surface area contributed by atoms with Crippen molar-refractivity contribution in [2.24, 2.45) is 0 Å². The predicted octanol–water partition coefficient (Wildman–Crippen LogP) is 3.63. The van der Waals surface area contributed by atoms with Crippen LogP contribution in [-0.4, -0.2) is 29.1 Å². The van der Waals surface area contributed by atoms with Gasteiger partial charge in [0.25, 0.3) is 15.9 Å². The molecule has 0 atom stereocenters. The normalized spacial score (nSPS) is 11.1. The van der Waals surface area contributed by atoms with Crippen molar-refractivity contribution in [3.8, 4) is 5.69 Å². The molecule has 4 aromatic rings. The Hall–Kier alpha value is -3.98. The summed E-state index contributed by atoms with van der Waals surface area (Å²) in [5.74, 6) is -0.331. The Morgan fingerprint density at radius 1 is 0.968 bits per heavy atom. The van der Waals surface area contributed by atoms with Crippen molar-refractivity contribution in [2.75, 3.05) is 10.0 Å². The number of anilines is 2.